The summed E-state index contributed by atoms with van der Waals surface area (Å²) in [5.41, 5.74) is 3.98. The molecule has 0 saturated heterocycles. The fourth-order valence-corrected chi connectivity index (χ4v) is 3.20. The predicted molar refractivity (Wildman–Crippen MR) is 116 cm³/mol. The number of pyridine rings is 1. The quantitative estimate of drug-likeness (QED) is 0.454. The maximum Gasteiger partial charge on any atom is 0.256 e. The van der Waals surface area contributed by atoms with E-state index in [2.05, 4.69) is 26.8 Å². The van der Waals surface area contributed by atoms with Gasteiger partial charge in [-0.05, 0) is 41.3 Å². The number of carbonyl (C=O) groups is 1. The van der Waals surface area contributed by atoms with E-state index in [1.54, 1.807) is 36.1 Å². The van der Waals surface area contributed by atoms with Crippen LogP contribution in [0.1, 0.15) is 15.9 Å². The number of nitrogens with one attached hydrogen (secondary N) is 3. The van der Waals surface area contributed by atoms with Gasteiger partial charge in [0.25, 0.3) is 5.91 Å². The van der Waals surface area contributed by atoms with E-state index in [-0.39, 0.29) is 5.91 Å². The van der Waals surface area contributed by atoms with Gasteiger partial charge < -0.3 is 16.0 Å². The van der Waals surface area contributed by atoms with Crippen molar-refractivity contribution < 1.29 is 4.79 Å². The Morgan fingerprint density at radius 2 is 1.93 bits per heavy atom. The zero-order valence-corrected chi connectivity index (χ0v) is 16.1. The van der Waals surface area contributed by atoms with Gasteiger partial charge in [-0.1, -0.05) is 12.1 Å². The summed E-state index contributed by atoms with van der Waals surface area (Å²) in [6.07, 6.45) is 6.74. The lowest BCUT2D eigenvalue weighted by molar-refractivity contribution is 0.102. The normalized spacial score (nSPS) is 10.7. The minimum absolute atomic E-state index is 0.272. The minimum Gasteiger partial charge on any atom is -0.388 e. The molecule has 3 N–H and O–H groups in total. The molecule has 0 unspecified atom stereocenters. The SMILES string of the molecule is CNc1ccc(C(=O)Nc2cc3cc(-c4cnn(C)c4)ccc3cn2)cc1C=N. The maximum absolute atomic E-state index is 12.7. The average molecular weight is 384 g/mol. The number of fused-ring (bicyclic) bond motifs is 1. The fraction of sp³-hybridized carbons (Fsp3) is 0.0909. The van der Waals surface area contributed by atoms with Crippen LogP contribution in [0.2, 0.25) is 0 Å². The first kappa shape index (κ1) is 18.4. The number of hydrogen-bond donors (Lipinski definition) is 3. The summed E-state index contributed by atoms with van der Waals surface area (Å²) >= 11 is 0. The van der Waals surface area contributed by atoms with Gasteiger partial charge in [0.1, 0.15) is 5.82 Å². The lowest BCUT2D eigenvalue weighted by atomic mass is 10.0. The first-order valence-electron chi connectivity index (χ1n) is 9.10. The molecular weight excluding hydrogens is 364 g/mol. The van der Waals surface area contributed by atoms with Crippen molar-refractivity contribution in [3.8, 4) is 11.1 Å². The number of nitrogens with zero attached hydrogens (tertiary/aromatic N) is 3. The van der Waals surface area contributed by atoms with Crippen LogP contribution in [-0.2, 0) is 7.05 Å². The minimum atomic E-state index is -0.272. The van der Waals surface area contributed by atoms with Crippen molar-refractivity contribution in [1.29, 1.82) is 5.41 Å². The summed E-state index contributed by atoms with van der Waals surface area (Å²) in [5.74, 6) is 0.200. The topological polar surface area (TPSA) is 95.7 Å². The molecular formula is C22H20N6O. The summed E-state index contributed by atoms with van der Waals surface area (Å²) < 4.78 is 1.76. The number of anilines is 2. The Morgan fingerprint density at radius 3 is 2.66 bits per heavy atom. The molecule has 0 spiro atoms. The van der Waals surface area contributed by atoms with Crippen LogP contribution in [0.5, 0.6) is 0 Å². The monoisotopic (exact) mass is 384 g/mol. The van der Waals surface area contributed by atoms with Crippen LogP contribution in [0.15, 0.2) is 61.1 Å². The summed E-state index contributed by atoms with van der Waals surface area (Å²) in [6.45, 7) is 0. The molecule has 4 rings (SSSR count). The van der Waals surface area contributed by atoms with Gasteiger partial charge in [-0.2, -0.15) is 5.10 Å². The number of carbonyl (C=O) groups excluding carboxylic acids is 1. The summed E-state index contributed by atoms with van der Waals surface area (Å²) in [6, 6.07) is 13.1. The van der Waals surface area contributed by atoms with Gasteiger partial charge in [0.15, 0.2) is 0 Å². The lowest BCUT2D eigenvalue weighted by Crippen LogP contribution is -2.13. The molecule has 144 valence electrons. The van der Waals surface area contributed by atoms with Crippen LogP contribution in [0.4, 0.5) is 11.5 Å². The largest absolute Gasteiger partial charge is 0.388 e. The Labute approximate surface area is 167 Å². The van der Waals surface area contributed by atoms with Gasteiger partial charge in [-0.25, -0.2) is 4.98 Å². The highest BCUT2D eigenvalue weighted by atomic mass is 16.1. The van der Waals surface area contributed by atoms with Gasteiger partial charge >= 0.3 is 0 Å². The van der Waals surface area contributed by atoms with Crippen molar-refractivity contribution in [3.05, 3.63) is 72.2 Å². The Hall–Kier alpha value is -4.00. The molecule has 2 aromatic heterocycles. The standard InChI is InChI=1S/C22H20N6O/c1-24-20-6-5-15(8-18(20)10-23)22(29)27-21-9-17-7-14(3-4-16(17)11-25-21)19-12-26-28(2)13-19/h3-13,23-24H,1-2H3,(H,25,27,29). The summed E-state index contributed by atoms with van der Waals surface area (Å²) in [5, 5.41) is 19.5. The van der Waals surface area contributed by atoms with E-state index >= 15 is 0 Å². The third-order valence-electron chi connectivity index (χ3n) is 4.74. The van der Waals surface area contributed by atoms with E-state index in [4.69, 9.17) is 5.41 Å². The molecule has 1 amide bonds. The average Bonchev–Trinajstić information content (AvgIpc) is 3.19. The fourth-order valence-electron chi connectivity index (χ4n) is 3.20. The summed E-state index contributed by atoms with van der Waals surface area (Å²) in [4.78, 5) is 17.0. The molecule has 2 heterocycles. The number of amides is 1. The highest BCUT2D eigenvalue weighted by molar-refractivity contribution is 6.06. The first-order chi connectivity index (χ1) is 14.1. The molecule has 0 atom stereocenters. The number of aromatic nitrogens is 3. The van der Waals surface area contributed by atoms with Gasteiger partial charge in [-0.15, -0.1) is 0 Å². The van der Waals surface area contributed by atoms with Crippen molar-refractivity contribution in [2.24, 2.45) is 7.05 Å². The highest BCUT2D eigenvalue weighted by Crippen LogP contribution is 2.25. The molecule has 0 saturated carbocycles. The Bertz CT molecular complexity index is 1230. The predicted octanol–water partition coefficient (Wildman–Crippen LogP) is 3.93. The van der Waals surface area contributed by atoms with Crippen molar-refractivity contribution in [3.63, 3.8) is 0 Å². The van der Waals surface area contributed by atoms with Gasteiger partial charge in [0.2, 0.25) is 0 Å². The van der Waals surface area contributed by atoms with E-state index in [1.807, 2.05) is 37.6 Å². The van der Waals surface area contributed by atoms with E-state index in [1.165, 1.54) is 6.21 Å². The molecule has 7 nitrogen and oxygen atoms in total. The van der Waals surface area contributed by atoms with Gasteiger partial charge in [0.05, 0.1) is 6.20 Å². The molecule has 2 aromatic carbocycles. The molecule has 4 aromatic rings. The number of rotatable bonds is 5. The highest BCUT2D eigenvalue weighted by Gasteiger charge is 2.10. The Morgan fingerprint density at radius 1 is 1.07 bits per heavy atom. The van der Waals surface area contributed by atoms with Crippen LogP contribution in [-0.4, -0.2) is 33.9 Å². The molecule has 7 heteroatoms. The number of aryl methyl sites for hydroxylation is 1. The Balaban J connectivity index is 1.62. The molecule has 0 bridgehead atoms. The van der Waals surface area contributed by atoms with Crippen LogP contribution >= 0.6 is 0 Å². The Kier molecular flexibility index (Phi) is 4.78. The van der Waals surface area contributed by atoms with Crippen LogP contribution < -0.4 is 10.6 Å². The van der Waals surface area contributed by atoms with Crippen LogP contribution in [0.3, 0.4) is 0 Å². The molecule has 0 aliphatic heterocycles. The number of hydrogen-bond acceptors (Lipinski definition) is 5. The first-order valence-corrected chi connectivity index (χ1v) is 9.10. The zero-order valence-electron chi connectivity index (χ0n) is 16.1. The van der Waals surface area contributed by atoms with E-state index in [0.717, 1.165) is 27.6 Å². The summed E-state index contributed by atoms with van der Waals surface area (Å²) in [7, 11) is 3.66. The molecule has 29 heavy (non-hydrogen) atoms. The second kappa shape index (κ2) is 7.55. The maximum atomic E-state index is 12.7. The van der Waals surface area contributed by atoms with Crippen molar-refractivity contribution >= 4 is 34.4 Å². The van der Waals surface area contributed by atoms with Gasteiger partial charge in [-0.3, -0.25) is 9.48 Å². The third-order valence-corrected chi connectivity index (χ3v) is 4.74. The zero-order chi connectivity index (χ0) is 20.4. The van der Waals surface area contributed by atoms with Gasteiger partial charge in [0, 0.05) is 60.5 Å². The molecule has 0 aliphatic carbocycles. The van der Waals surface area contributed by atoms with E-state index in [0.29, 0.717) is 16.9 Å². The van der Waals surface area contributed by atoms with Crippen LogP contribution in [0.25, 0.3) is 21.9 Å². The third kappa shape index (κ3) is 3.70. The lowest BCUT2D eigenvalue weighted by Gasteiger charge is -2.09. The molecule has 0 fully saturated rings. The second-order valence-electron chi connectivity index (χ2n) is 6.68. The molecule has 0 aliphatic rings. The van der Waals surface area contributed by atoms with E-state index in [9.17, 15) is 4.79 Å². The van der Waals surface area contributed by atoms with Crippen molar-refractivity contribution in [2.45, 2.75) is 0 Å². The number of benzene rings is 2. The van der Waals surface area contributed by atoms with Crippen molar-refractivity contribution in [2.75, 3.05) is 17.7 Å². The van der Waals surface area contributed by atoms with E-state index < -0.39 is 0 Å². The molecule has 0 radical (unpaired) electrons. The second-order valence-corrected chi connectivity index (χ2v) is 6.68. The smallest absolute Gasteiger partial charge is 0.256 e. The van der Waals surface area contributed by atoms with Crippen molar-refractivity contribution in [1.82, 2.24) is 14.8 Å². The van der Waals surface area contributed by atoms with Crippen LogP contribution in [0, 0.1) is 5.41 Å².